The van der Waals surface area contributed by atoms with Crippen LogP contribution < -0.4 is 16.4 Å². The molecule has 4 N–H and O–H groups in total. The molecule has 2 aliphatic heterocycles. The van der Waals surface area contributed by atoms with Crippen molar-refractivity contribution in [2.75, 3.05) is 37.2 Å². The van der Waals surface area contributed by atoms with Gasteiger partial charge in [-0.05, 0) is 56.5 Å². The number of rotatable bonds is 4. The maximum atomic E-state index is 12.6. The number of hydrogen-bond donors (Lipinski definition) is 3. The number of nitrogens with two attached hydrogens (primary N) is 1. The Morgan fingerprint density at radius 1 is 1.17 bits per heavy atom. The largest absolute Gasteiger partial charge is 0.382 e. The molecule has 0 bridgehead atoms. The Kier molecular flexibility index (Phi) is 5.00. The van der Waals surface area contributed by atoms with Gasteiger partial charge in [0.2, 0.25) is 0 Å². The average Bonchev–Trinajstić information content (AvgIpc) is 3.45. The number of nitrogen functional groups attached to an aromatic ring is 1. The molecular weight excluding hydrogens is 378 g/mol. The van der Waals surface area contributed by atoms with Crippen LogP contribution in [0.2, 0.25) is 0 Å². The summed E-state index contributed by atoms with van der Waals surface area (Å²) in [6, 6.07) is 9.38. The summed E-state index contributed by atoms with van der Waals surface area (Å²) >= 11 is 0. The van der Waals surface area contributed by atoms with Crippen LogP contribution in [0, 0.1) is 0 Å². The first-order valence-corrected chi connectivity index (χ1v) is 10.7. The zero-order valence-electron chi connectivity index (χ0n) is 17.0. The number of anilines is 3. The summed E-state index contributed by atoms with van der Waals surface area (Å²) < 4.78 is 1.76. The van der Waals surface area contributed by atoms with Gasteiger partial charge in [0.1, 0.15) is 5.82 Å². The maximum Gasteiger partial charge on any atom is 0.253 e. The van der Waals surface area contributed by atoms with Gasteiger partial charge in [0, 0.05) is 42.9 Å². The lowest BCUT2D eigenvalue weighted by molar-refractivity contribution is 0.0793. The summed E-state index contributed by atoms with van der Waals surface area (Å²) in [5, 5.41) is 11.2. The molecule has 156 valence electrons. The lowest BCUT2D eigenvalue weighted by atomic mass is 9.97. The Bertz CT molecular complexity index is 1050. The molecular formula is C22H27N7O. The molecule has 8 nitrogen and oxygen atoms in total. The van der Waals surface area contributed by atoms with Gasteiger partial charge in [-0.1, -0.05) is 0 Å². The molecule has 1 atom stereocenters. The Morgan fingerprint density at radius 2 is 1.97 bits per heavy atom. The van der Waals surface area contributed by atoms with Gasteiger partial charge >= 0.3 is 0 Å². The molecule has 0 saturated carbocycles. The van der Waals surface area contributed by atoms with E-state index in [4.69, 9.17) is 10.7 Å². The van der Waals surface area contributed by atoms with Crippen LogP contribution in [0.3, 0.4) is 0 Å². The van der Waals surface area contributed by atoms with E-state index in [0.717, 1.165) is 80.1 Å². The predicted octanol–water partition coefficient (Wildman–Crippen LogP) is 2.76. The average molecular weight is 406 g/mol. The topological polar surface area (TPSA) is 101 Å². The van der Waals surface area contributed by atoms with Crippen molar-refractivity contribution in [1.29, 1.82) is 0 Å². The molecule has 3 aromatic rings. The Balaban J connectivity index is 1.39. The second kappa shape index (κ2) is 7.95. The highest BCUT2D eigenvalue weighted by Crippen LogP contribution is 2.27. The quantitative estimate of drug-likeness (QED) is 0.617. The number of carbonyl (C=O) groups is 1. The standard InChI is InChI=1S/C22H27N7O/c23-20-12-18(21-26-19(14-29(21)27-20)16-4-3-9-24-13-16)25-17-7-5-15(6-8-17)22(30)28-10-1-2-11-28/h5-8,12,14,16,24-25H,1-4,9-11,13H2,(H2,23,27)/t16-/m0/s1. The SMILES string of the molecule is Nc1cc(Nc2ccc(C(=O)N3CCCC3)cc2)c2nc([C@H]3CCCNC3)cn2n1. The van der Waals surface area contributed by atoms with Gasteiger partial charge in [-0.25, -0.2) is 9.50 Å². The first-order valence-electron chi connectivity index (χ1n) is 10.7. The van der Waals surface area contributed by atoms with Gasteiger partial charge in [0.25, 0.3) is 5.91 Å². The van der Waals surface area contributed by atoms with E-state index in [1.807, 2.05) is 35.4 Å². The summed E-state index contributed by atoms with van der Waals surface area (Å²) in [6.45, 7) is 3.71. The number of imidazole rings is 1. The van der Waals surface area contributed by atoms with Crippen LogP contribution >= 0.6 is 0 Å². The number of likely N-dealkylation sites (tertiary alicyclic amines) is 1. The first-order chi connectivity index (χ1) is 14.7. The van der Waals surface area contributed by atoms with Crippen molar-refractivity contribution in [2.45, 2.75) is 31.6 Å². The molecule has 2 aliphatic rings. The predicted molar refractivity (Wildman–Crippen MR) is 117 cm³/mol. The van der Waals surface area contributed by atoms with Crippen LogP contribution in [-0.4, -0.2) is 51.6 Å². The van der Waals surface area contributed by atoms with Gasteiger partial charge in [-0.3, -0.25) is 4.79 Å². The lowest BCUT2D eigenvalue weighted by Crippen LogP contribution is -2.28. The number of aromatic nitrogens is 3. The molecule has 0 spiro atoms. The zero-order chi connectivity index (χ0) is 20.5. The third-order valence-corrected chi connectivity index (χ3v) is 5.98. The summed E-state index contributed by atoms with van der Waals surface area (Å²) in [5.41, 5.74) is 10.2. The molecule has 2 aromatic heterocycles. The van der Waals surface area contributed by atoms with E-state index in [1.54, 1.807) is 10.6 Å². The van der Waals surface area contributed by atoms with Crippen molar-refractivity contribution in [1.82, 2.24) is 24.8 Å². The molecule has 1 aromatic carbocycles. The molecule has 0 unspecified atom stereocenters. The van der Waals surface area contributed by atoms with Crippen LogP contribution in [0.4, 0.5) is 17.2 Å². The van der Waals surface area contributed by atoms with E-state index < -0.39 is 0 Å². The third kappa shape index (κ3) is 3.70. The fraction of sp³-hybridized carbons (Fsp3) is 0.409. The van der Waals surface area contributed by atoms with Crippen molar-refractivity contribution < 1.29 is 4.79 Å². The maximum absolute atomic E-state index is 12.6. The summed E-state index contributed by atoms with van der Waals surface area (Å²) in [4.78, 5) is 19.3. The minimum atomic E-state index is 0.105. The van der Waals surface area contributed by atoms with E-state index in [1.165, 1.54) is 0 Å². The van der Waals surface area contributed by atoms with Gasteiger partial charge in [-0.2, -0.15) is 0 Å². The van der Waals surface area contributed by atoms with Gasteiger partial charge in [0.05, 0.1) is 17.6 Å². The molecule has 30 heavy (non-hydrogen) atoms. The normalized spacial score (nSPS) is 19.3. The van der Waals surface area contributed by atoms with E-state index in [0.29, 0.717) is 11.7 Å². The fourth-order valence-corrected chi connectivity index (χ4v) is 4.36. The number of benzene rings is 1. The molecule has 0 aliphatic carbocycles. The number of fused-ring (bicyclic) bond motifs is 1. The Labute approximate surface area is 175 Å². The number of piperidine rings is 1. The molecule has 5 rings (SSSR count). The van der Waals surface area contributed by atoms with Crippen LogP contribution in [0.25, 0.3) is 5.65 Å². The monoisotopic (exact) mass is 405 g/mol. The number of amides is 1. The van der Waals surface area contributed by atoms with Crippen molar-refractivity contribution >= 4 is 28.7 Å². The number of nitrogens with zero attached hydrogens (tertiary/aromatic N) is 4. The highest BCUT2D eigenvalue weighted by molar-refractivity contribution is 5.94. The van der Waals surface area contributed by atoms with Crippen LogP contribution in [0.15, 0.2) is 36.5 Å². The van der Waals surface area contributed by atoms with Crippen molar-refractivity contribution in [3.63, 3.8) is 0 Å². The van der Waals surface area contributed by atoms with Gasteiger partial charge in [0.15, 0.2) is 5.65 Å². The van der Waals surface area contributed by atoms with Crippen LogP contribution in [0.5, 0.6) is 0 Å². The highest BCUT2D eigenvalue weighted by atomic mass is 16.2. The highest BCUT2D eigenvalue weighted by Gasteiger charge is 2.21. The van der Waals surface area contributed by atoms with Crippen molar-refractivity contribution in [3.05, 3.63) is 47.8 Å². The number of hydrogen-bond acceptors (Lipinski definition) is 6. The molecule has 2 saturated heterocycles. The summed E-state index contributed by atoms with van der Waals surface area (Å²) in [6.07, 6.45) is 6.44. The number of nitrogens with one attached hydrogen (secondary N) is 2. The molecule has 0 radical (unpaired) electrons. The smallest absolute Gasteiger partial charge is 0.253 e. The first kappa shape index (κ1) is 18.9. The summed E-state index contributed by atoms with van der Waals surface area (Å²) in [5.74, 6) is 0.926. The molecule has 4 heterocycles. The van der Waals surface area contributed by atoms with Crippen LogP contribution in [-0.2, 0) is 0 Å². The molecule has 1 amide bonds. The minimum Gasteiger partial charge on any atom is -0.382 e. The van der Waals surface area contributed by atoms with E-state index in [9.17, 15) is 4.79 Å². The second-order valence-electron chi connectivity index (χ2n) is 8.16. The summed E-state index contributed by atoms with van der Waals surface area (Å²) in [7, 11) is 0. The van der Waals surface area contributed by atoms with Crippen molar-refractivity contribution in [2.24, 2.45) is 0 Å². The number of carbonyl (C=O) groups excluding carboxylic acids is 1. The van der Waals surface area contributed by atoms with E-state index in [-0.39, 0.29) is 5.91 Å². The molecule has 8 heteroatoms. The van der Waals surface area contributed by atoms with Gasteiger partial charge in [-0.15, -0.1) is 5.10 Å². The Hall–Kier alpha value is -3.13. The second-order valence-corrected chi connectivity index (χ2v) is 8.16. The van der Waals surface area contributed by atoms with Gasteiger partial charge < -0.3 is 21.3 Å². The third-order valence-electron chi connectivity index (χ3n) is 5.98. The van der Waals surface area contributed by atoms with E-state index in [2.05, 4.69) is 15.7 Å². The Morgan fingerprint density at radius 3 is 2.70 bits per heavy atom. The van der Waals surface area contributed by atoms with E-state index >= 15 is 0 Å². The van der Waals surface area contributed by atoms with Crippen molar-refractivity contribution in [3.8, 4) is 0 Å². The van der Waals surface area contributed by atoms with Crippen LogP contribution in [0.1, 0.15) is 47.7 Å². The molecule has 2 fully saturated rings. The minimum absolute atomic E-state index is 0.105. The fourth-order valence-electron chi connectivity index (χ4n) is 4.36. The zero-order valence-corrected chi connectivity index (χ0v) is 17.0. The lowest BCUT2D eigenvalue weighted by Gasteiger charge is -2.20.